The Balaban J connectivity index is 4.38. The van der Waals surface area contributed by atoms with E-state index in [0.717, 1.165) is 0 Å². The van der Waals surface area contributed by atoms with E-state index < -0.39 is 7.67 Å². The van der Waals surface area contributed by atoms with Crippen LogP contribution >= 0.6 is 30.9 Å². The molecule has 0 radical (unpaired) electrons. The molecule has 0 amide bonds. The maximum absolute atomic E-state index is 11.9. The third-order valence-electron chi connectivity index (χ3n) is 1.59. The fourth-order valence-electron chi connectivity index (χ4n) is 0.918. The minimum Gasteiger partial charge on any atom is -0.309 e. The summed E-state index contributed by atoms with van der Waals surface area (Å²) in [7, 11) is 0.0688. The lowest BCUT2D eigenvalue weighted by Crippen LogP contribution is -2.30. The maximum atomic E-state index is 11.9. The van der Waals surface area contributed by atoms with Crippen molar-refractivity contribution in [2.45, 2.75) is 0 Å². The normalized spacial score (nSPS) is 16.1. The molecule has 1 unspecified atom stereocenters. The Morgan fingerprint density at radius 2 is 1.85 bits per heavy atom. The molecular formula is C6H15Cl2N2O2P. The number of halogens is 2. The molecule has 4 nitrogen and oxygen atoms in total. The van der Waals surface area contributed by atoms with Crippen LogP contribution in [0.25, 0.3) is 0 Å². The predicted octanol–water partition coefficient (Wildman–Crippen LogP) is 1.74. The SMILES string of the molecule is CNP(=O)(OC)N(CCCl)CCCl. The zero-order valence-corrected chi connectivity index (χ0v) is 10.2. The van der Waals surface area contributed by atoms with Crippen molar-refractivity contribution in [1.29, 1.82) is 0 Å². The largest absolute Gasteiger partial charge is 0.342 e. The minimum absolute atomic E-state index is 0.395. The van der Waals surface area contributed by atoms with Gasteiger partial charge in [-0.05, 0) is 7.05 Å². The molecule has 7 heteroatoms. The lowest BCUT2D eigenvalue weighted by Gasteiger charge is -2.27. The molecule has 0 aromatic carbocycles. The molecule has 0 rings (SSSR count). The number of nitrogens with one attached hydrogen (secondary N) is 1. The maximum Gasteiger partial charge on any atom is 0.342 e. The van der Waals surface area contributed by atoms with Crippen LogP contribution in [0.4, 0.5) is 0 Å². The molecule has 0 aliphatic rings. The quantitative estimate of drug-likeness (QED) is 0.551. The number of rotatable bonds is 7. The fourth-order valence-corrected chi connectivity index (χ4v) is 2.99. The summed E-state index contributed by atoms with van der Waals surface area (Å²) in [6.07, 6.45) is 0. The molecule has 0 bridgehead atoms. The third kappa shape index (κ3) is 4.15. The first kappa shape index (κ1) is 13.7. The van der Waals surface area contributed by atoms with Crippen LogP contribution in [-0.4, -0.2) is 43.7 Å². The lowest BCUT2D eigenvalue weighted by atomic mass is 10.6. The summed E-state index contributed by atoms with van der Waals surface area (Å²) in [5, 5.41) is 2.64. The lowest BCUT2D eigenvalue weighted by molar-refractivity contribution is 0.310. The van der Waals surface area contributed by atoms with Gasteiger partial charge < -0.3 is 4.52 Å². The van der Waals surface area contributed by atoms with Crippen molar-refractivity contribution >= 4 is 30.9 Å². The molecular weight excluding hydrogens is 234 g/mol. The molecule has 13 heavy (non-hydrogen) atoms. The van der Waals surface area contributed by atoms with Crippen LogP contribution in [0.5, 0.6) is 0 Å². The van der Waals surface area contributed by atoms with Crippen molar-refractivity contribution in [2.24, 2.45) is 0 Å². The zero-order chi connectivity index (χ0) is 10.3. The second-order valence-electron chi connectivity index (χ2n) is 2.26. The van der Waals surface area contributed by atoms with E-state index in [0.29, 0.717) is 24.8 Å². The van der Waals surface area contributed by atoms with E-state index in [-0.39, 0.29) is 0 Å². The molecule has 0 heterocycles. The Hall–Kier alpha value is 0.690. The molecule has 0 saturated heterocycles. The molecule has 0 aromatic heterocycles. The van der Waals surface area contributed by atoms with Gasteiger partial charge in [0.05, 0.1) is 0 Å². The van der Waals surface area contributed by atoms with E-state index in [4.69, 9.17) is 27.7 Å². The molecule has 1 atom stereocenters. The molecule has 1 N–H and O–H groups in total. The van der Waals surface area contributed by atoms with Gasteiger partial charge in [0.25, 0.3) is 0 Å². The fraction of sp³-hybridized carbons (Fsp3) is 1.00. The smallest absolute Gasteiger partial charge is 0.309 e. The monoisotopic (exact) mass is 248 g/mol. The van der Waals surface area contributed by atoms with Gasteiger partial charge in [-0.15, -0.1) is 23.2 Å². The Bertz CT molecular complexity index is 168. The number of nitrogens with zero attached hydrogens (tertiary/aromatic N) is 1. The van der Waals surface area contributed by atoms with Gasteiger partial charge in [-0.3, -0.25) is 4.57 Å². The van der Waals surface area contributed by atoms with E-state index >= 15 is 0 Å². The first-order valence-electron chi connectivity index (χ1n) is 3.86. The minimum atomic E-state index is -2.91. The van der Waals surface area contributed by atoms with Gasteiger partial charge in [0, 0.05) is 32.0 Å². The third-order valence-corrected chi connectivity index (χ3v) is 4.13. The van der Waals surface area contributed by atoms with Gasteiger partial charge in [0.15, 0.2) is 0 Å². The van der Waals surface area contributed by atoms with Crippen molar-refractivity contribution in [2.75, 3.05) is 39.0 Å². The summed E-state index contributed by atoms with van der Waals surface area (Å²) in [6, 6.07) is 0. The van der Waals surface area contributed by atoms with E-state index in [1.807, 2.05) is 0 Å². The molecule has 0 saturated carbocycles. The molecule has 0 spiro atoms. The van der Waals surface area contributed by atoms with Gasteiger partial charge in [-0.25, -0.2) is 9.76 Å². The highest BCUT2D eigenvalue weighted by atomic mass is 35.5. The number of hydrogen-bond acceptors (Lipinski definition) is 2. The molecule has 80 valence electrons. The van der Waals surface area contributed by atoms with Crippen molar-refractivity contribution in [3.8, 4) is 0 Å². The average Bonchev–Trinajstić information content (AvgIpc) is 2.16. The zero-order valence-electron chi connectivity index (χ0n) is 7.80. The predicted molar refractivity (Wildman–Crippen MR) is 56.7 cm³/mol. The van der Waals surface area contributed by atoms with Gasteiger partial charge in [-0.2, -0.15) is 0 Å². The second-order valence-corrected chi connectivity index (χ2v) is 5.43. The Morgan fingerprint density at radius 3 is 2.08 bits per heavy atom. The van der Waals surface area contributed by atoms with E-state index in [1.54, 1.807) is 11.7 Å². The van der Waals surface area contributed by atoms with E-state index in [2.05, 4.69) is 5.09 Å². The molecule has 0 aromatic rings. The van der Waals surface area contributed by atoms with Gasteiger partial charge in [-0.1, -0.05) is 0 Å². The molecule has 0 fully saturated rings. The highest BCUT2D eigenvalue weighted by Crippen LogP contribution is 2.44. The van der Waals surface area contributed by atoms with E-state index in [1.165, 1.54) is 7.11 Å². The molecule has 0 aliphatic heterocycles. The van der Waals surface area contributed by atoms with Crippen molar-refractivity contribution in [3.05, 3.63) is 0 Å². The second kappa shape index (κ2) is 7.04. The Kier molecular flexibility index (Phi) is 7.42. The summed E-state index contributed by atoms with van der Waals surface area (Å²) < 4.78 is 18.4. The number of alkyl halides is 2. The molecule has 0 aliphatic carbocycles. The van der Waals surface area contributed by atoms with Gasteiger partial charge in [0.1, 0.15) is 0 Å². The Morgan fingerprint density at radius 1 is 1.38 bits per heavy atom. The standard InChI is InChI=1S/C6H15Cl2N2O2P/c1-9-13(11,12-2)10(5-3-7)6-4-8/h3-6H2,1-2H3,(H,9,11). The van der Waals surface area contributed by atoms with Crippen molar-refractivity contribution < 1.29 is 9.09 Å². The van der Waals surface area contributed by atoms with Crippen LogP contribution in [-0.2, 0) is 9.09 Å². The van der Waals surface area contributed by atoms with Crippen LogP contribution < -0.4 is 5.09 Å². The van der Waals surface area contributed by atoms with Crippen LogP contribution in [0.3, 0.4) is 0 Å². The van der Waals surface area contributed by atoms with Crippen molar-refractivity contribution in [1.82, 2.24) is 9.76 Å². The van der Waals surface area contributed by atoms with E-state index in [9.17, 15) is 4.57 Å². The average molecular weight is 249 g/mol. The first-order valence-corrected chi connectivity index (χ1v) is 6.51. The van der Waals surface area contributed by atoms with Crippen molar-refractivity contribution in [3.63, 3.8) is 0 Å². The summed E-state index contributed by atoms with van der Waals surface area (Å²) in [6.45, 7) is 0.973. The summed E-state index contributed by atoms with van der Waals surface area (Å²) in [5.41, 5.74) is 0. The van der Waals surface area contributed by atoms with Crippen LogP contribution in [0.2, 0.25) is 0 Å². The van der Waals surface area contributed by atoms with Crippen LogP contribution in [0.1, 0.15) is 0 Å². The first-order chi connectivity index (χ1) is 6.14. The summed E-state index contributed by atoms with van der Waals surface area (Å²) in [5.74, 6) is 0.790. The number of hydrogen-bond donors (Lipinski definition) is 1. The highest BCUT2D eigenvalue weighted by Gasteiger charge is 2.27. The van der Waals surface area contributed by atoms with Crippen LogP contribution in [0.15, 0.2) is 0 Å². The summed E-state index contributed by atoms with van der Waals surface area (Å²) in [4.78, 5) is 0. The highest BCUT2D eigenvalue weighted by molar-refractivity contribution is 7.54. The van der Waals surface area contributed by atoms with Crippen LogP contribution in [0, 0.1) is 0 Å². The summed E-state index contributed by atoms with van der Waals surface area (Å²) >= 11 is 11.1. The van der Waals surface area contributed by atoms with Gasteiger partial charge in [0.2, 0.25) is 0 Å². The van der Waals surface area contributed by atoms with Gasteiger partial charge >= 0.3 is 7.67 Å². The Labute approximate surface area is 89.1 Å². The topological polar surface area (TPSA) is 41.6 Å².